The van der Waals surface area contributed by atoms with Crippen molar-refractivity contribution < 1.29 is 23.8 Å². The molecular weight excluding hydrogens is 372 g/mol. The first-order chi connectivity index (χ1) is 12.9. The molecule has 1 aromatic carbocycles. The number of methoxy groups -OCH3 is 1. The van der Waals surface area contributed by atoms with E-state index in [2.05, 4.69) is 40.8 Å². The third-order valence-electron chi connectivity index (χ3n) is 5.83. The number of rotatable bonds is 11. The van der Waals surface area contributed by atoms with E-state index in [0.717, 1.165) is 17.7 Å². The summed E-state index contributed by atoms with van der Waals surface area (Å²) in [6.45, 7) is 15.4. The molecular formula is C22H38O5Si. The molecule has 28 heavy (non-hydrogen) atoms. The molecule has 0 spiro atoms. The van der Waals surface area contributed by atoms with Gasteiger partial charge in [0.2, 0.25) is 0 Å². The zero-order valence-electron chi connectivity index (χ0n) is 18.7. The van der Waals surface area contributed by atoms with E-state index in [1.807, 2.05) is 31.2 Å². The Hall–Kier alpha value is -1.37. The minimum atomic E-state index is -2.09. The van der Waals surface area contributed by atoms with Gasteiger partial charge in [0.15, 0.2) is 8.32 Å². The van der Waals surface area contributed by atoms with Crippen molar-refractivity contribution in [1.29, 1.82) is 0 Å². The molecule has 1 N–H and O–H groups in total. The van der Waals surface area contributed by atoms with E-state index in [9.17, 15) is 9.90 Å². The van der Waals surface area contributed by atoms with E-state index < -0.39 is 14.3 Å². The Morgan fingerprint density at radius 1 is 1.14 bits per heavy atom. The maximum absolute atomic E-state index is 11.5. The van der Waals surface area contributed by atoms with Gasteiger partial charge in [-0.15, -0.1) is 0 Å². The molecule has 0 aliphatic rings. The summed E-state index contributed by atoms with van der Waals surface area (Å²) in [5, 5.41) is 9.45. The third-order valence-corrected chi connectivity index (χ3v) is 10.3. The zero-order chi connectivity index (χ0) is 21.5. The molecule has 5 nitrogen and oxygen atoms in total. The van der Waals surface area contributed by atoms with Crippen LogP contribution in [0.5, 0.6) is 5.75 Å². The van der Waals surface area contributed by atoms with Crippen LogP contribution in [0.4, 0.5) is 0 Å². The number of carboxylic acids is 1. The van der Waals surface area contributed by atoms with Crippen LogP contribution in [0.3, 0.4) is 0 Å². The number of carboxylic acid groups (broad SMARTS) is 1. The van der Waals surface area contributed by atoms with Crippen molar-refractivity contribution in [1.82, 2.24) is 0 Å². The minimum Gasteiger partial charge on any atom is -0.497 e. The van der Waals surface area contributed by atoms with E-state index in [0.29, 0.717) is 6.61 Å². The highest BCUT2D eigenvalue weighted by molar-refractivity contribution is 6.74. The molecule has 0 saturated carbocycles. The zero-order valence-corrected chi connectivity index (χ0v) is 19.7. The molecule has 0 fully saturated rings. The predicted octanol–water partition coefficient (Wildman–Crippen LogP) is 5.49. The second kappa shape index (κ2) is 10.4. The van der Waals surface area contributed by atoms with Crippen LogP contribution in [-0.4, -0.2) is 38.7 Å². The van der Waals surface area contributed by atoms with Crippen molar-refractivity contribution in [2.24, 2.45) is 5.92 Å². The molecule has 0 aliphatic heterocycles. The van der Waals surface area contributed by atoms with Gasteiger partial charge >= 0.3 is 5.97 Å². The fraction of sp³-hybridized carbons (Fsp3) is 0.682. The van der Waals surface area contributed by atoms with Gasteiger partial charge in [0.25, 0.3) is 0 Å². The van der Waals surface area contributed by atoms with Crippen LogP contribution in [0.2, 0.25) is 18.1 Å². The van der Waals surface area contributed by atoms with Gasteiger partial charge in [0, 0.05) is 5.92 Å². The first-order valence-corrected chi connectivity index (χ1v) is 13.0. The fourth-order valence-electron chi connectivity index (χ4n) is 2.87. The fourth-order valence-corrected chi connectivity index (χ4v) is 4.28. The van der Waals surface area contributed by atoms with Crippen molar-refractivity contribution in [3.8, 4) is 5.75 Å². The third kappa shape index (κ3) is 7.22. The highest BCUT2D eigenvalue weighted by atomic mass is 28.4. The number of hydrogen-bond donors (Lipinski definition) is 1. The van der Waals surface area contributed by atoms with Gasteiger partial charge in [-0.3, -0.25) is 4.79 Å². The highest BCUT2D eigenvalue weighted by Crippen LogP contribution is 2.39. The average Bonchev–Trinajstić information content (AvgIpc) is 2.60. The number of ether oxygens (including phenoxy) is 2. The summed E-state index contributed by atoms with van der Waals surface area (Å²) in [7, 11) is -0.442. The average molecular weight is 411 g/mol. The van der Waals surface area contributed by atoms with E-state index in [-0.39, 0.29) is 29.6 Å². The topological polar surface area (TPSA) is 65.0 Å². The van der Waals surface area contributed by atoms with E-state index >= 15 is 0 Å². The van der Waals surface area contributed by atoms with Crippen molar-refractivity contribution in [2.75, 3.05) is 7.11 Å². The normalized spacial score (nSPS) is 15.7. The summed E-state index contributed by atoms with van der Waals surface area (Å²) in [5.74, 6) is -0.0394. The molecule has 0 aromatic heterocycles. The molecule has 0 aliphatic carbocycles. The van der Waals surface area contributed by atoms with Crippen LogP contribution < -0.4 is 4.74 Å². The van der Waals surface area contributed by atoms with E-state index in [1.54, 1.807) is 7.11 Å². The molecule has 0 heterocycles. The molecule has 0 radical (unpaired) electrons. The maximum atomic E-state index is 11.5. The summed E-state index contributed by atoms with van der Waals surface area (Å²) in [6.07, 6.45) is 0.361. The van der Waals surface area contributed by atoms with Gasteiger partial charge in [-0.1, -0.05) is 46.8 Å². The Bertz CT molecular complexity index is 606. The van der Waals surface area contributed by atoms with Gasteiger partial charge < -0.3 is 19.0 Å². The SMILES string of the molecule is CC[C@@H](OCc1ccc(OC)cc1)[C@@H](C)[C@H](CC(=O)O)O[Si](C)(C)C(C)(C)C. The number of benzene rings is 1. The summed E-state index contributed by atoms with van der Waals surface area (Å²) >= 11 is 0. The Morgan fingerprint density at radius 3 is 2.14 bits per heavy atom. The lowest BCUT2D eigenvalue weighted by atomic mass is 9.94. The summed E-state index contributed by atoms with van der Waals surface area (Å²) in [4.78, 5) is 11.5. The van der Waals surface area contributed by atoms with Crippen LogP contribution in [0.1, 0.15) is 53.0 Å². The monoisotopic (exact) mass is 410 g/mol. The largest absolute Gasteiger partial charge is 0.497 e. The lowest BCUT2D eigenvalue weighted by molar-refractivity contribution is -0.140. The molecule has 0 unspecified atom stereocenters. The standard InChI is InChI=1S/C22H38O5Si/c1-9-19(26-15-17-10-12-18(25-6)13-11-17)16(2)20(14-21(23)24)27-28(7,8)22(3,4)5/h10-13,16,19-20H,9,14-15H2,1-8H3,(H,23,24)/t16-,19-,20+/m1/s1. The number of hydrogen-bond acceptors (Lipinski definition) is 4. The van der Waals surface area contributed by atoms with Crippen LogP contribution in [0, 0.1) is 5.92 Å². The Labute approximate surface area is 171 Å². The molecule has 0 saturated heterocycles. The van der Waals surface area contributed by atoms with Crippen LogP contribution in [0.25, 0.3) is 0 Å². The summed E-state index contributed by atoms with van der Waals surface area (Å²) in [5.41, 5.74) is 1.06. The molecule has 1 aromatic rings. The van der Waals surface area contributed by atoms with Crippen LogP contribution in [-0.2, 0) is 20.6 Å². The second-order valence-electron chi connectivity index (χ2n) is 8.98. The smallest absolute Gasteiger partial charge is 0.305 e. The molecule has 0 bridgehead atoms. The van der Waals surface area contributed by atoms with Crippen LogP contribution >= 0.6 is 0 Å². The Kier molecular flexibility index (Phi) is 9.18. The van der Waals surface area contributed by atoms with Gasteiger partial charge in [-0.25, -0.2) is 0 Å². The molecule has 160 valence electrons. The second-order valence-corrected chi connectivity index (χ2v) is 13.7. The Morgan fingerprint density at radius 2 is 1.71 bits per heavy atom. The van der Waals surface area contributed by atoms with Gasteiger partial charge in [0.1, 0.15) is 5.75 Å². The molecule has 6 heteroatoms. The van der Waals surface area contributed by atoms with Crippen molar-refractivity contribution in [3.63, 3.8) is 0 Å². The highest BCUT2D eigenvalue weighted by Gasteiger charge is 2.41. The predicted molar refractivity (Wildman–Crippen MR) is 115 cm³/mol. The van der Waals surface area contributed by atoms with Crippen molar-refractivity contribution >= 4 is 14.3 Å². The Balaban J connectivity index is 2.87. The minimum absolute atomic E-state index is 0.00390. The van der Waals surface area contributed by atoms with Gasteiger partial charge in [-0.2, -0.15) is 0 Å². The molecule has 0 amide bonds. The van der Waals surface area contributed by atoms with Crippen molar-refractivity contribution in [2.45, 2.75) is 84.4 Å². The summed E-state index contributed by atoms with van der Waals surface area (Å²) in [6, 6.07) is 7.79. The lowest BCUT2D eigenvalue weighted by Crippen LogP contribution is -2.48. The first-order valence-electron chi connectivity index (χ1n) is 10.1. The van der Waals surface area contributed by atoms with Gasteiger partial charge in [0.05, 0.1) is 32.3 Å². The number of aliphatic carboxylic acids is 1. The van der Waals surface area contributed by atoms with Crippen LogP contribution in [0.15, 0.2) is 24.3 Å². The van der Waals surface area contributed by atoms with E-state index in [4.69, 9.17) is 13.9 Å². The number of carbonyl (C=O) groups is 1. The molecule has 3 atom stereocenters. The van der Waals surface area contributed by atoms with Gasteiger partial charge in [-0.05, 0) is 42.2 Å². The summed E-state index contributed by atoms with van der Waals surface area (Å²) < 4.78 is 17.9. The molecule has 1 rings (SSSR count). The van der Waals surface area contributed by atoms with Crippen molar-refractivity contribution in [3.05, 3.63) is 29.8 Å². The lowest BCUT2D eigenvalue weighted by Gasteiger charge is -2.41. The quantitative estimate of drug-likeness (QED) is 0.489. The maximum Gasteiger partial charge on any atom is 0.305 e. The van der Waals surface area contributed by atoms with E-state index in [1.165, 1.54) is 0 Å². The first kappa shape index (κ1) is 24.7.